The van der Waals surface area contributed by atoms with Crippen molar-refractivity contribution in [3.05, 3.63) is 111 Å². The molecule has 4 aromatic heterocycles. The molecule has 1 aliphatic carbocycles. The van der Waals surface area contributed by atoms with Crippen LogP contribution in [0.3, 0.4) is 0 Å². The fourth-order valence-corrected chi connectivity index (χ4v) is 6.42. The Bertz CT molecular complexity index is 1970. The highest BCUT2D eigenvalue weighted by atomic mass is 16.5. The Morgan fingerprint density at radius 3 is 2.49 bits per heavy atom. The average Bonchev–Trinajstić information content (AvgIpc) is 3.83. The van der Waals surface area contributed by atoms with E-state index < -0.39 is 5.76 Å². The number of nitrogens with one attached hydrogen (secondary N) is 1. The van der Waals surface area contributed by atoms with Crippen LogP contribution in [-0.2, 0) is 12.8 Å². The summed E-state index contributed by atoms with van der Waals surface area (Å²) in [7, 11) is 0. The van der Waals surface area contributed by atoms with Gasteiger partial charge in [0.25, 0.3) is 5.56 Å². The number of H-pyrrole nitrogens is 1. The summed E-state index contributed by atoms with van der Waals surface area (Å²) in [6.45, 7) is 2.11. The van der Waals surface area contributed by atoms with Gasteiger partial charge in [-0.3, -0.25) is 18.9 Å². The fourth-order valence-electron chi connectivity index (χ4n) is 6.42. The van der Waals surface area contributed by atoms with Crippen molar-refractivity contribution in [1.29, 1.82) is 0 Å². The summed E-state index contributed by atoms with van der Waals surface area (Å²) in [6.07, 6.45) is 10.5. The van der Waals surface area contributed by atoms with Crippen LogP contribution in [0.25, 0.3) is 28.3 Å². The van der Waals surface area contributed by atoms with Crippen molar-refractivity contribution < 1.29 is 8.94 Å². The van der Waals surface area contributed by atoms with Crippen molar-refractivity contribution in [2.75, 3.05) is 0 Å². The lowest BCUT2D eigenvalue weighted by Gasteiger charge is -2.29. The summed E-state index contributed by atoms with van der Waals surface area (Å²) in [6, 6.07) is 15.9. The molecular formula is C32H31N7O4. The molecule has 1 N–H and O–H groups in total. The summed E-state index contributed by atoms with van der Waals surface area (Å²) < 4.78 is 14.0. The highest BCUT2D eigenvalue weighted by Gasteiger charge is 2.29. The molecule has 43 heavy (non-hydrogen) atoms. The quantitative estimate of drug-likeness (QED) is 0.256. The van der Waals surface area contributed by atoms with Crippen molar-refractivity contribution in [3.63, 3.8) is 0 Å². The van der Waals surface area contributed by atoms with Crippen molar-refractivity contribution in [2.45, 2.75) is 63.8 Å². The fraction of sp³-hybridized carbons (Fsp3) is 0.312. The SMILES string of the molecule is CCCc1c(Cc2ccc(-c3ccccc3-c3noc(=O)[nH]3)cc2)c(=O)n([C@H]2CC[C@H](c3cnco3)CC2)c2ncnn12. The number of aryl methyl sites for hydroxylation is 1. The summed E-state index contributed by atoms with van der Waals surface area (Å²) in [5.41, 5.74) is 5.34. The molecule has 0 bridgehead atoms. The van der Waals surface area contributed by atoms with Crippen LogP contribution in [0, 0.1) is 0 Å². The van der Waals surface area contributed by atoms with Crippen molar-refractivity contribution in [2.24, 2.45) is 0 Å². The Hall–Kier alpha value is -5.06. The first-order valence-corrected chi connectivity index (χ1v) is 14.7. The average molecular weight is 578 g/mol. The minimum atomic E-state index is -0.596. The van der Waals surface area contributed by atoms with E-state index in [-0.39, 0.29) is 11.6 Å². The van der Waals surface area contributed by atoms with Gasteiger partial charge in [0.2, 0.25) is 5.78 Å². The van der Waals surface area contributed by atoms with E-state index in [1.807, 2.05) is 57.6 Å². The maximum absolute atomic E-state index is 14.3. The second kappa shape index (κ2) is 11.3. The Kier molecular flexibility index (Phi) is 7.06. The summed E-state index contributed by atoms with van der Waals surface area (Å²) in [5, 5.41) is 8.44. The first-order chi connectivity index (χ1) is 21.1. The van der Waals surface area contributed by atoms with Gasteiger partial charge in [0.15, 0.2) is 12.2 Å². The van der Waals surface area contributed by atoms with Crippen LogP contribution in [-0.4, -0.2) is 34.3 Å². The number of aromatic nitrogens is 7. The lowest BCUT2D eigenvalue weighted by molar-refractivity contribution is 0.294. The van der Waals surface area contributed by atoms with E-state index in [0.29, 0.717) is 23.9 Å². The molecular weight excluding hydrogens is 546 g/mol. The Morgan fingerprint density at radius 1 is 1.00 bits per heavy atom. The van der Waals surface area contributed by atoms with E-state index >= 15 is 0 Å². The number of oxazole rings is 1. The largest absolute Gasteiger partial charge is 0.448 e. The van der Waals surface area contributed by atoms with Gasteiger partial charge in [0, 0.05) is 29.5 Å². The molecule has 0 atom stereocenters. The standard InChI is InChI=1S/C32H31N7O4/c1-2-5-27-26(16-20-8-10-21(11-9-20)24-6-3-4-7-25(24)29-36-32(41)43-37-29)30(40)38(31-34-18-35-39(27)31)23-14-12-22(13-15-23)28-17-33-19-42-28/h3-4,6-11,17-19,22-23H,2,5,12-16H2,1H3,(H,36,37,41)/t22-,23-. The second-order valence-electron chi connectivity index (χ2n) is 11.1. The zero-order valence-electron chi connectivity index (χ0n) is 23.8. The van der Waals surface area contributed by atoms with E-state index in [1.165, 1.54) is 6.39 Å². The minimum absolute atomic E-state index is 0.0106. The zero-order valence-corrected chi connectivity index (χ0v) is 23.8. The van der Waals surface area contributed by atoms with Crippen LogP contribution < -0.4 is 11.3 Å². The Labute approximate surface area is 246 Å². The number of aromatic amines is 1. The molecule has 1 fully saturated rings. The number of nitrogens with zero attached hydrogens (tertiary/aromatic N) is 6. The monoisotopic (exact) mass is 577 g/mol. The molecule has 6 aromatic rings. The molecule has 7 rings (SSSR count). The smallest absolute Gasteiger partial charge is 0.439 e. The topological polar surface area (TPSA) is 137 Å². The number of rotatable bonds is 8. The highest BCUT2D eigenvalue weighted by Crippen LogP contribution is 2.38. The molecule has 0 saturated heterocycles. The van der Waals surface area contributed by atoms with E-state index in [2.05, 4.69) is 32.1 Å². The van der Waals surface area contributed by atoms with Crippen LogP contribution in [0.4, 0.5) is 0 Å². The van der Waals surface area contributed by atoms with Gasteiger partial charge >= 0.3 is 5.76 Å². The lowest BCUT2D eigenvalue weighted by Crippen LogP contribution is -2.34. The van der Waals surface area contributed by atoms with Crippen LogP contribution in [0.15, 0.2) is 86.0 Å². The van der Waals surface area contributed by atoms with Crippen LogP contribution in [0.1, 0.15) is 73.6 Å². The molecule has 0 unspecified atom stereocenters. The lowest BCUT2D eigenvalue weighted by atomic mass is 9.84. The van der Waals surface area contributed by atoms with Gasteiger partial charge in [-0.2, -0.15) is 10.1 Å². The van der Waals surface area contributed by atoms with Crippen molar-refractivity contribution >= 4 is 5.78 Å². The molecule has 4 heterocycles. The third-order valence-electron chi connectivity index (χ3n) is 8.50. The van der Waals surface area contributed by atoms with Crippen LogP contribution in [0.5, 0.6) is 0 Å². The summed E-state index contributed by atoms with van der Waals surface area (Å²) in [5.74, 6) is 1.62. The number of benzene rings is 2. The van der Waals surface area contributed by atoms with Crippen LogP contribution >= 0.6 is 0 Å². The molecule has 0 amide bonds. The van der Waals surface area contributed by atoms with E-state index in [9.17, 15) is 9.59 Å². The number of hydrogen-bond donors (Lipinski definition) is 1. The van der Waals surface area contributed by atoms with Crippen molar-refractivity contribution in [3.8, 4) is 22.5 Å². The maximum atomic E-state index is 14.3. The van der Waals surface area contributed by atoms with Gasteiger partial charge in [0.05, 0.1) is 11.9 Å². The Balaban J connectivity index is 1.22. The summed E-state index contributed by atoms with van der Waals surface area (Å²) >= 11 is 0. The van der Waals surface area contributed by atoms with E-state index in [0.717, 1.165) is 77.8 Å². The molecule has 0 spiro atoms. The maximum Gasteiger partial charge on any atom is 0.439 e. The molecule has 11 heteroatoms. The highest BCUT2D eigenvalue weighted by molar-refractivity contribution is 5.80. The number of hydrogen-bond acceptors (Lipinski definition) is 8. The predicted molar refractivity (Wildman–Crippen MR) is 159 cm³/mol. The van der Waals surface area contributed by atoms with Crippen molar-refractivity contribution in [1.82, 2.24) is 34.3 Å². The zero-order chi connectivity index (χ0) is 29.3. The Morgan fingerprint density at radius 2 is 1.79 bits per heavy atom. The normalized spacial score (nSPS) is 17.0. The predicted octanol–water partition coefficient (Wildman–Crippen LogP) is 5.33. The first kappa shape index (κ1) is 26.8. The summed E-state index contributed by atoms with van der Waals surface area (Å²) in [4.78, 5) is 37.1. The van der Waals surface area contributed by atoms with Gasteiger partial charge in [-0.25, -0.2) is 14.3 Å². The van der Waals surface area contributed by atoms with E-state index in [4.69, 9.17) is 8.94 Å². The van der Waals surface area contributed by atoms with Gasteiger partial charge in [-0.1, -0.05) is 67.0 Å². The van der Waals surface area contributed by atoms with Gasteiger partial charge in [-0.15, -0.1) is 0 Å². The third-order valence-corrected chi connectivity index (χ3v) is 8.50. The van der Waals surface area contributed by atoms with Gasteiger partial charge in [0.1, 0.15) is 12.1 Å². The molecule has 0 radical (unpaired) electrons. The molecule has 218 valence electrons. The van der Waals surface area contributed by atoms with Gasteiger partial charge < -0.3 is 4.42 Å². The van der Waals surface area contributed by atoms with Crippen LogP contribution in [0.2, 0.25) is 0 Å². The van der Waals surface area contributed by atoms with E-state index in [1.54, 1.807) is 12.5 Å². The first-order valence-electron chi connectivity index (χ1n) is 14.7. The molecule has 1 saturated carbocycles. The molecule has 11 nitrogen and oxygen atoms in total. The third kappa shape index (κ3) is 5.00. The molecule has 1 aliphatic rings. The minimum Gasteiger partial charge on any atom is -0.448 e. The second-order valence-corrected chi connectivity index (χ2v) is 11.1. The number of fused-ring (bicyclic) bond motifs is 1. The molecule has 2 aromatic carbocycles. The van der Waals surface area contributed by atoms with Gasteiger partial charge in [-0.05, 0) is 48.8 Å². The molecule has 0 aliphatic heterocycles.